The highest BCUT2D eigenvalue weighted by atomic mass is 32.1. The summed E-state index contributed by atoms with van der Waals surface area (Å²) in [5.74, 6) is 0.609. The normalized spacial score (nSPS) is 16.8. The third kappa shape index (κ3) is 6.11. The van der Waals surface area contributed by atoms with Gasteiger partial charge in [-0.1, -0.05) is 24.3 Å². The first kappa shape index (κ1) is 30.4. The molecule has 2 aliphatic heterocycles. The molecule has 2 saturated heterocycles. The number of nitrogens with zero attached hydrogens (tertiary/aromatic N) is 4. The number of carbonyl (C=O) groups excluding carboxylic acids is 1. The number of nitrogens with one attached hydrogen (secondary N) is 1. The predicted molar refractivity (Wildman–Crippen MR) is 180 cm³/mol. The molecule has 2 aliphatic rings. The zero-order valence-corrected chi connectivity index (χ0v) is 26.7. The van der Waals surface area contributed by atoms with Crippen LogP contribution < -0.4 is 15.8 Å². The zero-order valence-electron chi connectivity index (χ0n) is 25.9. The predicted octanol–water partition coefficient (Wildman–Crippen LogP) is 5.41. The van der Waals surface area contributed by atoms with E-state index >= 15 is 0 Å². The first-order valence-corrected chi connectivity index (χ1v) is 16.6. The van der Waals surface area contributed by atoms with E-state index in [9.17, 15) is 4.79 Å². The number of aryl methyl sites for hydroxylation is 1. The maximum atomic E-state index is 13.0. The number of thiazole rings is 1. The van der Waals surface area contributed by atoms with Crippen LogP contribution in [-0.2, 0) is 14.9 Å². The van der Waals surface area contributed by atoms with Crippen molar-refractivity contribution in [2.45, 2.75) is 25.2 Å². The third-order valence-electron chi connectivity index (χ3n) is 8.96. The van der Waals surface area contributed by atoms with Gasteiger partial charge in [0.2, 0.25) is 0 Å². The Kier molecular flexibility index (Phi) is 8.72. The number of imidazole rings is 1. The van der Waals surface area contributed by atoms with E-state index in [-0.39, 0.29) is 11.3 Å². The fourth-order valence-electron chi connectivity index (χ4n) is 6.35. The Hall–Kier alpha value is -4.29. The Labute approximate surface area is 272 Å². The number of morpholine rings is 1. The SMILES string of the molecule is Cc1nc2cc(OCCN3CCOCC3)ccn2c1-c1csc(C2(c3ccc(C(=O)Nc4ccccc4N)cc3)CCOCC2)n1. The Balaban J connectivity index is 1.11. The fourth-order valence-corrected chi connectivity index (χ4v) is 7.44. The van der Waals surface area contributed by atoms with Crippen LogP contribution in [0.5, 0.6) is 5.75 Å². The summed E-state index contributed by atoms with van der Waals surface area (Å²) >= 11 is 1.67. The largest absolute Gasteiger partial charge is 0.492 e. The van der Waals surface area contributed by atoms with Gasteiger partial charge in [0.25, 0.3) is 5.91 Å². The average molecular weight is 639 g/mol. The molecule has 2 fully saturated rings. The van der Waals surface area contributed by atoms with E-state index in [0.29, 0.717) is 36.8 Å². The summed E-state index contributed by atoms with van der Waals surface area (Å²) < 4.78 is 19.4. The first-order chi connectivity index (χ1) is 22.5. The van der Waals surface area contributed by atoms with Gasteiger partial charge in [0.1, 0.15) is 28.7 Å². The molecule has 0 unspecified atom stereocenters. The number of para-hydroxylation sites is 2. The minimum absolute atomic E-state index is 0.198. The molecule has 238 valence electrons. The summed E-state index contributed by atoms with van der Waals surface area (Å²) in [4.78, 5) is 25.5. The first-order valence-electron chi connectivity index (χ1n) is 15.7. The standard InChI is InChI=1S/C35H38N6O4S/c1-24-32(41-13-10-27(22-31(41)37-24)45-21-16-40-14-19-44-20-15-40)30-23-46-34(39-30)35(11-17-43-18-12-35)26-8-6-25(7-9-26)33(42)38-29-5-3-2-4-28(29)36/h2-10,13,22-23H,11-12,14-21,36H2,1H3,(H,38,42). The number of ether oxygens (including phenoxy) is 3. The third-order valence-corrected chi connectivity index (χ3v) is 10.0. The molecular formula is C35H38N6O4S. The number of fused-ring (bicyclic) bond motifs is 1. The number of amides is 1. The van der Waals surface area contributed by atoms with E-state index in [1.165, 1.54) is 0 Å². The number of carbonyl (C=O) groups is 1. The highest BCUT2D eigenvalue weighted by molar-refractivity contribution is 7.10. The molecule has 0 atom stereocenters. The van der Waals surface area contributed by atoms with Crippen molar-refractivity contribution in [3.63, 3.8) is 0 Å². The molecule has 0 spiro atoms. The van der Waals surface area contributed by atoms with Crippen molar-refractivity contribution in [3.8, 4) is 17.1 Å². The van der Waals surface area contributed by atoms with Crippen LogP contribution in [0.25, 0.3) is 17.0 Å². The lowest BCUT2D eigenvalue weighted by Crippen LogP contribution is -2.38. The van der Waals surface area contributed by atoms with Gasteiger partial charge in [0.05, 0.1) is 41.4 Å². The molecule has 1 amide bonds. The summed E-state index contributed by atoms with van der Waals surface area (Å²) in [7, 11) is 0. The molecule has 5 aromatic rings. The number of nitrogens with two attached hydrogens (primary N) is 1. The van der Waals surface area contributed by atoms with Gasteiger partial charge in [-0.2, -0.15) is 0 Å². The summed E-state index contributed by atoms with van der Waals surface area (Å²) in [6.07, 6.45) is 3.64. The maximum Gasteiger partial charge on any atom is 0.255 e. The smallest absolute Gasteiger partial charge is 0.255 e. The van der Waals surface area contributed by atoms with Gasteiger partial charge in [-0.05, 0) is 55.7 Å². The topological polar surface area (TPSA) is 116 Å². The number of benzene rings is 2. The Bertz CT molecular complexity index is 1820. The van der Waals surface area contributed by atoms with Gasteiger partial charge in [-0.25, -0.2) is 9.97 Å². The second kappa shape index (κ2) is 13.2. The van der Waals surface area contributed by atoms with Crippen LogP contribution >= 0.6 is 11.3 Å². The molecule has 46 heavy (non-hydrogen) atoms. The van der Waals surface area contributed by atoms with Gasteiger partial charge < -0.3 is 25.3 Å². The zero-order chi connectivity index (χ0) is 31.5. The van der Waals surface area contributed by atoms with Crippen molar-refractivity contribution in [1.29, 1.82) is 0 Å². The van der Waals surface area contributed by atoms with Gasteiger partial charge in [-0.3, -0.25) is 14.1 Å². The highest BCUT2D eigenvalue weighted by Gasteiger charge is 2.39. The van der Waals surface area contributed by atoms with E-state index < -0.39 is 0 Å². The average Bonchev–Trinajstić information content (AvgIpc) is 3.70. The fraction of sp³-hybridized carbons (Fsp3) is 0.343. The summed E-state index contributed by atoms with van der Waals surface area (Å²) in [6.45, 7) is 8.28. The molecule has 0 radical (unpaired) electrons. The molecule has 0 aliphatic carbocycles. The molecule has 7 rings (SSSR count). The van der Waals surface area contributed by atoms with Crippen molar-refractivity contribution < 1.29 is 19.0 Å². The monoisotopic (exact) mass is 638 g/mol. The van der Waals surface area contributed by atoms with E-state index in [0.717, 1.165) is 84.7 Å². The highest BCUT2D eigenvalue weighted by Crippen LogP contribution is 2.44. The second-order valence-corrected chi connectivity index (χ2v) is 12.6. The minimum atomic E-state index is -0.310. The lowest BCUT2D eigenvalue weighted by Gasteiger charge is -2.36. The van der Waals surface area contributed by atoms with Gasteiger partial charge in [-0.15, -0.1) is 11.3 Å². The van der Waals surface area contributed by atoms with Crippen molar-refractivity contribution >= 4 is 34.3 Å². The van der Waals surface area contributed by atoms with Gasteiger partial charge in [0, 0.05) is 56.1 Å². The number of hydrogen-bond donors (Lipinski definition) is 2. The Morgan fingerprint density at radius 3 is 2.57 bits per heavy atom. The molecule has 10 nitrogen and oxygen atoms in total. The van der Waals surface area contributed by atoms with Crippen LogP contribution in [0.15, 0.2) is 72.2 Å². The van der Waals surface area contributed by atoms with Crippen LogP contribution in [0.2, 0.25) is 0 Å². The van der Waals surface area contributed by atoms with E-state index in [4.69, 9.17) is 29.9 Å². The van der Waals surface area contributed by atoms with Crippen LogP contribution in [0.4, 0.5) is 11.4 Å². The van der Waals surface area contributed by atoms with Crippen molar-refractivity contribution in [3.05, 3.63) is 94.1 Å². The summed E-state index contributed by atoms with van der Waals surface area (Å²) in [6, 6.07) is 19.1. The van der Waals surface area contributed by atoms with Crippen LogP contribution in [0.1, 0.15) is 39.5 Å². The van der Waals surface area contributed by atoms with Crippen molar-refractivity contribution in [2.75, 3.05) is 63.7 Å². The quantitative estimate of drug-likeness (QED) is 0.206. The molecule has 0 bridgehead atoms. The number of aromatic nitrogens is 3. The van der Waals surface area contributed by atoms with Crippen LogP contribution in [0.3, 0.4) is 0 Å². The molecule has 3 N–H and O–H groups in total. The number of anilines is 2. The number of rotatable bonds is 9. The van der Waals surface area contributed by atoms with Crippen LogP contribution in [-0.4, -0.2) is 77.8 Å². The maximum absolute atomic E-state index is 13.0. The van der Waals surface area contributed by atoms with E-state index in [1.54, 1.807) is 23.5 Å². The molecule has 5 heterocycles. The second-order valence-electron chi connectivity index (χ2n) is 11.8. The molecule has 3 aromatic heterocycles. The van der Waals surface area contributed by atoms with Crippen LogP contribution in [0, 0.1) is 6.92 Å². The van der Waals surface area contributed by atoms with E-state index in [2.05, 4.69) is 32.1 Å². The van der Waals surface area contributed by atoms with E-state index in [1.807, 2.05) is 49.5 Å². The Morgan fingerprint density at radius 2 is 1.78 bits per heavy atom. The number of pyridine rings is 1. The molecule has 2 aromatic carbocycles. The number of nitrogen functional groups attached to an aromatic ring is 1. The number of hydrogen-bond acceptors (Lipinski definition) is 9. The molecule has 11 heteroatoms. The lowest BCUT2D eigenvalue weighted by molar-refractivity contribution is 0.0322. The summed E-state index contributed by atoms with van der Waals surface area (Å²) in [5.41, 5.74) is 12.2. The van der Waals surface area contributed by atoms with Gasteiger partial charge >= 0.3 is 0 Å². The van der Waals surface area contributed by atoms with Crippen molar-refractivity contribution in [1.82, 2.24) is 19.3 Å². The molecular weight excluding hydrogens is 600 g/mol. The Morgan fingerprint density at radius 1 is 1.02 bits per heavy atom. The molecule has 0 saturated carbocycles. The van der Waals surface area contributed by atoms with Gasteiger partial charge in [0.15, 0.2) is 0 Å². The van der Waals surface area contributed by atoms with Crippen molar-refractivity contribution in [2.24, 2.45) is 0 Å². The lowest BCUT2D eigenvalue weighted by atomic mass is 9.74. The minimum Gasteiger partial charge on any atom is -0.492 e. The summed E-state index contributed by atoms with van der Waals surface area (Å²) in [5, 5.41) is 6.08.